The van der Waals surface area contributed by atoms with Gasteiger partial charge in [0.15, 0.2) is 0 Å². The molecule has 1 aromatic carbocycles. The number of benzene rings is 1. The van der Waals surface area contributed by atoms with Crippen molar-refractivity contribution in [3.63, 3.8) is 0 Å². The van der Waals surface area contributed by atoms with Crippen molar-refractivity contribution in [3.05, 3.63) is 29.3 Å². The van der Waals surface area contributed by atoms with Gasteiger partial charge in [0.25, 0.3) is 0 Å². The molecule has 1 aliphatic rings. The average molecular weight is 193 g/mol. The zero-order chi connectivity index (χ0) is 9.42. The predicted octanol–water partition coefficient (Wildman–Crippen LogP) is 2.53. The predicted molar refractivity (Wildman–Crippen MR) is 58.3 cm³/mol. The zero-order valence-electron chi connectivity index (χ0n) is 8.08. The molecule has 0 radical (unpaired) electrons. The van der Waals surface area contributed by atoms with E-state index >= 15 is 0 Å². The first-order valence-corrected chi connectivity index (χ1v) is 5.66. The molecule has 2 heteroatoms. The molecule has 2 atom stereocenters. The third-order valence-electron chi connectivity index (χ3n) is 2.68. The normalized spacial score (nSPS) is 22.8. The number of fused-ring (bicyclic) bond motifs is 1. The van der Waals surface area contributed by atoms with Crippen LogP contribution in [0.3, 0.4) is 0 Å². The first-order valence-electron chi connectivity index (χ1n) is 4.68. The molecule has 2 unspecified atom stereocenters. The van der Waals surface area contributed by atoms with Crippen molar-refractivity contribution in [2.24, 2.45) is 5.73 Å². The van der Waals surface area contributed by atoms with Crippen LogP contribution < -0.4 is 5.73 Å². The summed E-state index contributed by atoms with van der Waals surface area (Å²) in [6.07, 6.45) is 0. The van der Waals surface area contributed by atoms with Gasteiger partial charge in [0, 0.05) is 22.6 Å². The standard InChI is InChI=1S/C11H15NS/c1-7-4-3-5-9-10(8(2)12)6-13-11(7)9/h3-5,8,10H,6,12H2,1-2H3. The van der Waals surface area contributed by atoms with Crippen molar-refractivity contribution in [2.45, 2.75) is 30.7 Å². The van der Waals surface area contributed by atoms with Gasteiger partial charge in [-0.2, -0.15) is 0 Å². The molecule has 2 N–H and O–H groups in total. The molecule has 1 aromatic rings. The summed E-state index contributed by atoms with van der Waals surface area (Å²) in [7, 11) is 0. The molecule has 0 amide bonds. The van der Waals surface area contributed by atoms with Crippen molar-refractivity contribution in [1.29, 1.82) is 0 Å². The minimum atomic E-state index is 0.274. The van der Waals surface area contributed by atoms with Crippen LogP contribution in [0.2, 0.25) is 0 Å². The van der Waals surface area contributed by atoms with E-state index in [0.717, 1.165) is 5.75 Å². The van der Waals surface area contributed by atoms with Crippen molar-refractivity contribution in [3.8, 4) is 0 Å². The minimum Gasteiger partial charge on any atom is -0.327 e. The van der Waals surface area contributed by atoms with Gasteiger partial charge >= 0.3 is 0 Å². The van der Waals surface area contributed by atoms with Crippen LogP contribution in [0.5, 0.6) is 0 Å². The average Bonchev–Trinajstić information content (AvgIpc) is 2.48. The van der Waals surface area contributed by atoms with E-state index in [9.17, 15) is 0 Å². The fourth-order valence-corrected chi connectivity index (χ4v) is 3.37. The Morgan fingerprint density at radius 2 is 2.31 bits per heavy atom. The largest absolute Gasteiger partial charge is 0.327 e. The molecular formula is C11H15NS. The quantitative estimate of drug-likeness (QED) is 0.741. The summed E-state index contributed by atoms with van der Waals surface area (Å²) in [6.45, 7) is 4.28. The SMILES string of the molecule is Cc1cccc2c1SCC2C(C)N. The first-order chi connectivity index (χ1) is 6.20. The Kier molecular flexibility index (Phi) is 2.35. The maximum atomic E-state index is 5.95. The Morgan fingerprint density at radius 3 is 3.00 bits per heavy atom. The monoisotopic (exact) mass is 193 g/mol. The van der Waals surface area contributed by atoms with Crippen LogP contribution in [-0.4, -0.2) is 11.8 Å². The van der Waals surface area contributed by atoms with E-state index < -0.39 is 0 Å². The van der Waals surface area contributed by atoms with Crippen LogP contribution in [0.1, 0.15) is 24.0 Å². The molecule has 1 heterocycles. The number of hydrogen-bond donors (Lipinski definition) is 1. The number of aryl methyl sites for hydroxylation is 1. The molecule has 0 bridgehead atoms. The fourth-order valence-electron chi connectivity index (χ4n) is 1.86. The highest BCUT2D eigenvalue weighted by Crippen LogP contribution is 2.42. The molecule has 70 valence electrons. The summed E-state index contributed by atoms with van der Waals surface area (Å²) >= 11 is 1.95. The van der Waals surface area contributed by atoms with Crippen molar-refractivity contribution in [2.75, 3.05) is 5.75 Å². The van der Waals surface area contributed by atoms with Gasteiger partial charge < -0.3 is 5.73 Å². The number of thioether (sulfide) groups is 1. The molecule has 0 aliphatic carbocycles. The fraction of sp³-hybridized carbons (Fsp3) is 0.455. The van der Waals surface area contributed by atoms with Gasteiger partial charge in [0.05, 0.1) is 0 Å². The number of rotatable bonds is 1. The second-order valence-electron chi connectivity index (χ2n) is 3.77. The van der Waals surface area contributed by atoms with Gasteiger partial charge in [-0.25, -0.2) is 0 Å². The lowest BCUT2D eigenvalue weighted by Gasteiger charge is -2.14. The molecule has 13 heavy (non-hydrogen) atoms. The number of hydrogen-bond acceptors (Lipinski definition) is 2. The van der Waals surface area contributed by atoms with Crippen molar-refractivity contribution in [1.82, 2.24) is 0 Å². The van der Waals surface area contributed by atoms with E-state index in [0.29, 0.717) is 5.92 Å². The Morgan fingerprint density at radius 1 is 1.54 bits per heavy atom. The summed E-state index contributed by atoms with van der Waals surface area (Å²) in [6, 6.07) is 6.80. The van der Waals surface area contributed by atoms with Gasteiger partial charge in [-0.05, 0) is 25.0 Å². The highest BCUT2D eigenvalue weighted by atomic mass is 32.2. The van der Waals surface area contributed by atoms with Crippen molar-refractivity contribution >= 4 is 11.8 Å². The van der Waals surface area contributed by atoms with Gasteiger partial charge in [-0.3, -0.25) is 0 Å². The van der Waals surface area contributed by atoms with Gasteiger partial charge in [-0.15, -0.1) is 11.8 Å². The van der Waals surface area contributed by atoms with Gasteiger partial charge in [0.2, 0.25) is 0 Å². The maximum Gasteiger partial charge on any atom is 0.0137 e. The van der Waals surface area contributed by atoms with Crippen LogP contribution >= 0.6 is 11.8 Å². The molecule has 0 saturated heterocycles. The molecule has 1 aliphatic heterocycles. The molecule has 0 fully saturated rings. The second kappa shape index (κ2) is 3.35. The molecule has 2 rings (SSSR count). The Hall–Kier alpha value is -0.470. The summed E-state index contributed by atoms with van der Waals surface area (Å²) < 4.78 is 0. The van der Waals surface area contributed by atoms with E-state index in [4.69, 9.17) is 5.73 Å². The molecule has 0 saturated carbocycles. The van der Waals surface area contributed by atoms with Crippen LogP contribution in [0.25, 0.3) is 0 Å². The lowest BCUT2D eigenvalue weighted by Crippen LogP contribution is -2.24. The van der Waals surface area contributed by atoms with E-state index in [1.165, 1.54) is 16.0 Å². The van der Waals surface area contributed by atoms with Crippen LogP contribution in [0.4, 0.5) is 0 Å². The Balaban J connectivity index is 2.43. The Bertz CT molecular complexity index is 320. The van der Waals surface area contributed by atoms with Crippen LogP contribution in [-0.2, 0) is 0 Å². The molecule has 0 aromatic heterocycles. The second-order valence-corrected chi connectivity index (χ2v) is 4.80. The van der Waals surface area contributed by atoms with Crippen LogP contribution in [0, 0.1) is 6.92 Å². The van der Waals surface area contributed by atoms with E-state index in [1.807, 2.05) is 11.8 Å². The summed E-state index contributed by atoms with van der Waals surface area (Å²) in [5.74, 6) is 1.71. The minimum absolute atomic E-state index is 0.274. The lowest BCUT2D eigenvalue weighted by atomic mass is 9.94. The third-order valence-corrected chi connectivity index (χ3v) is 4.06. The highest BCUT2D eigenvalue weighted by Gasteiger charge is 2.26. The topological polar surface area (TPSA) is 26.0 Å². The maximum absolute atomic E-state index is 5.95. The summed E-state index contributed by atoms with van der Waals surface area (Å²) in [5, 5.41) is 0. The van der Waals surface area contributed by atoms with Crippen molar-refractivity contribution < 1.29 is 0 Å². The van der Waals surface area contributed by atoms with E-state index in [2.05, 4.69) is 32.0 Å². The highest BCUT2D eigenvalue weighted by molar-refractivity contribution is 7.99. The van der Waals surface area contributed by atoms with Gasteiger partial charge in [0.1, 0.15) is 0 Å². The number of nitrogens with two attached hydrogens (primary N) is 1. The molecule has 0 spiro atoms. The summed E-state index contributed by atoms with van der Waals surface area (Å²) in [4.78, 5) is 1.46. The molecular weight excluding hydrogens is 178 g/mol. The van der Waals surface area contributed by atoms with E-state index in [-0.39, 0.29) is 6.04 Å². The Labute approximate surface area is 83.7 Å². The first kappa shape index (κ1) is 9.10. The zero-order valence-corrected chi connectivity index (χ0v) is 8.90. The smallest absolute Gasteiger partial charge is 0.0137 e. The third kappa shape index (κ3) is 1.49. The molecule has 1 nitrogen and oxygen atoms in total. The van der Waals surface area contributed by atoms with E-state index in [1.54, 1.807) is 0 Å². The van der Waals surface area contributed by atoms with Gasteiger partial charge in [-0.1, -0.05) is 18.2 Å². The summed E-state index contributed by atoms with van der Waals surface area (Å²) in [5.41, 5.74) is 8.80. The van der Waals surface area contributed by atoms with Crippen LogP contribution in [0.15, 0.2) is 23.1 Å². The lowest BCUT2D eigenvalue weighted by molar-refractivity contribution is 0.622.